The van der Waals surface area contributed by atoms with Gasteiger partial charge < -0.3 is 14.5 Å². The molecule has 0 bridgehead atoms. The Kier molecular flexibility index (Phi) is 2.65. The van der Waals surface area contributed by atoms with Crippen molar-refractivity contribution in [2.24, 2.45) is 0 Å². The summed E-state index contributed by atoms with van der Waals surface area (Å²) in [5.74, 6) is 0.683. The second kappa shape index (κ2) is 4.45. The van der Waals surface area contributed by atoms with E-state index in [1.54, 1.807) is 20.1 Å². The molecule has 3 aromatic heterocycles. The number of nitrogens with zero attached hydrogens (tertiary/aromatic N) is 1. The zero-order chi connectivity index (χ0) is 15.3. The third kappa shape index (κ3) is 1.92. The summed E-state index contributed by atoms with van der Waals surface area (Å²) < 4.78 is 5.53. The normalized spacial score (nSPS) is 12.3. The van der Waals surface area contributed by atoms with Crippen LogP contribution < -0.4 is 0 Å². The van der Waals surface area contributed by atoms with Crippen LogP contribution >= 0.6 is 0 Å². The maximum atomic E-state index is 10.4. The molecule has 0 atom stereocenters. The Bertz CT molecular complexity index is 960. The smallest absolute Gasteiger partial charge is 0.154 e. The molecule has 4 aromatic rings. The zero-order valence-electron chi connectivity index (χ0n) is 12.4. The molecule has 4 heteroatoms. The van der Waals surface area contributed by atoms with Crippen LogP contribution in [0.2, 0.25) is 0 Å². The Morgan fingerprint density at radius 2 is 1.91 bits per heavy atom. The first kappa shape index (κ1) is 13.1. The van der Waals surface area contributed by atoms with Crippen LogP contribution in [0.25, 0.3) is 33.3 Å². The van der Waals surface area contributed by atoms with E-state index in [4.69, 9.17) is 4.42 Å². The number of furan rings is 1. The summed E-state index contributed by atoms with van der Waals surface area (Å²) >= 11 is 0. The molecule has 2 N–H and O–H groups in total. The summed E-state index contributed by atoms with van der Waals surface area (Å²) in [6.07, 6.45) is 1.63. The quantitative estimate of drug-likeness (QED) is 0.582. The number of hydrogen-bond acceptors (Lipinski definition) is 3. The van der Waals surface area contributed by atoms with Gasteiger partial charge in [-0.1, -0.05) is 18.2 Å². The van der Waals surface area contributed by atoms with E-state index in [1.807, 2.05) is 36.4 Å². The summed E-state index contributed by atoms with van der Waals surface area (Å²) in [6, 6.07) is 13.8. The first-order valence-electron chi connectivity index (χ1n) is 7.22. The van der Waals surface area contributed by atoms with Crippen molar-refractivity contribution >= 4 is 21.8 Å². The molecular formula is C18H16N2O2. The van der Waals surface area contributed by atoms with Gasteiger partial charge >= 0.3 is 0 Å². The molecule has 110 valence electrons. The molecule has 0 aliphatic heterocycles. The van der Waals surface area contributed by atoms with Crippen LogP contribution in [0.5, 0.6) is 0 Å². The number of para-hydroxylation sites is 1. The molecule has 0 saturated heterocycles. The van der Waals surface area contributed by atoms with Crippen molar-refractivity contribution in [2.45, 2.75) is 19.4 Å². The molecular weight excluding hydrogens is 276 g/mol. The Morgan fingerprint density at radius 3 is 2.64 bits per heavy atom. The zero-order valence-corrected chi connectivity index (χ0v) is 12.4. The van der Waals surface area contributed by atoms with Crippen molar-refractivity contribution in [2.75, 3.05) is 0 Å². The largest absolute Gasteiger partial charge is 0.463 e. The number of aromatic amines is 1. The summed E-state index contributed by atoms with van der Waals surface area (Å²) in [7, 11) is 0. The number of hydrogen-bond donors (Lipinski definition) is 2. The highest BCUT2D eigenvalue weighted by molar-refractivity contribution is 6.10. The summed E-state index contributed by atoms with van der Waals surface area (Å²) in [6.45, 7) is 3.48. The number of nitrogens with one attached hydrogen (secondary N) is 1. The predicted octanol–water partition coefficient (Wildman–Crippen LogP) is 4.20. The average Bonchev–Trinajstić information content (AvgIpc) is 3.12. The standard InChI is InChI=1S/C18H16N2O2/c1-18(2,21)15-10-12-11-6-3-4-7-13(11)19-16(12)17(20-15)14-8-5-9-22-14/h3-10,19,21H,1-2H3. The molecule has 0 saturated carbocycles. The molecule has 3 heterocycles. The van der Waals surface area contributed by atoms with Gasteiger partial charge in [0.2, 0.25) is 0 Å². The van der Waals surface area contributed by atoms with Crippen molar-refractivity contribution in [1.82, 2.24) is 9.97 Å². The van der Waals surface area contributed by atoms with Crippen LogP contribution in [0.1, 0.15) is 19.5 Å². The highest BCUT2D eigenvalue weighted by Gasteiger charge is 2.22. The molecule has 0 aliphatic carbocycles. The Morgan fingerprint density at radius 1 is 1.09 bits per heavy atom. The van der Waals surface area contributed by atoms with Crippen LogP contribution in [0.3, 0.4) is 0 Å². The number of pyridine rings is 1. The van der Waals surface area contributed by atoms with Gasteiger partial charge in [0, 0.05) is 16.3 Å². The SMILES string of the molecule is CC(C)(O)c1cc2c([nH]c3ccccc32)c(-c2ccco2)n1. The second-order valence-corrected chi connectivity index (χ2v) is 5.99. The van der Waals surface area contributed by atoms with Crippen LogP contribution in [0.4, 0.5) is 0 Å². The third-order valence-electron chi connectivity index (χ3n) is 3.88. The summed E-state index contributed by atoms with van der Waals surface area (Å²) in [5.41, 5.74) is 2.28. The molecule has 0 amide bonds. The fraction of sp³-hybridized carbons (Fsp3) is 0.167. The van der Waals surface area contributed by atoms with E-state index >= 15 is 0 Å². The van der Waals surface area contributed by atoms with Crippen LogP contribution in [0.15, 0.2) is 53.1 Å². The number of aromatic nitrogens is 2. The van der Waals surface area contributed by atoms with Crippen molar-refractivity contribution in [1.29, 1.82) is 0 Å². The molecule has 0 spiro atoms. The number of benzene rings is 1. The third-order valence-corrected chi connectivity index (χ3v) is 3.88. The fourth-order valence-corrected chi connectivity index (χ4v) is 2.75. The van der Waals surface area contributed by atoms with Gasteiger partial charge in [-0.25, -0.2) is 4.98 Å². The molecule has 0 radical (unpaired) electrons. The van der Waals surface area contributed by atoms with Crippen molar-refractivity contribution in [3.8, 4) is 11.5 Å². The summed E-state index contributed by atoms with van der Waals surface area (Å²) in [4.78, 5) is 8.04. The fourth-order valence-electron chi connectivity index (χ4n) is 2.75. The van der Waals surface area contributed by atoms with Crippen LogP contribution in [0, 0.1) is 0 Å². The maximum absolute atomic E-state index is 10.4. The van der Waals surface area contributed by atoms with E-state index < -0.39 is 5.60 Å². The Hall–Kier alpha value is -2.59. The van der Waals surface area contributed by atoms with E-state index in [0.717, 1.165) is 27.5 Å². The predicted molar refractivity (Wildman–Crippen MR) is 86.5 cm³/mol. The van der Waals surface area contributed by atoms with Gasteiger partial charge in [0.05, 0.1) is 17.5 Å². The number of H-pyrrole nitrogens is 1. The average molecular weight is 292 g/mol. The van der Waals surface area contributed by atoms with E-state index in [9.17, 15) is 5.11 Å². The molecule has 1 aromatic carbocycles. The lowest BCUT2D eigenvalue weighted by Crippen LogP contribution is -2.17. The Balaban J connectivity index is 2.16. The van der Waals surface area contributed by atoms with Gasteiger partial charge in [0.1, 0.15) is 11.3 Å². The highest BCUT2D eigenvalue weighted by atomic mass is 16.3. The van der Waals surface area contributed by atoms with Crippen LogP contribution in [-0.4, -0.2) is 15.1 Å². The van der Waals surface area contributed by atoms with Gasteiger partial charge in [-0.05, 0) is 38.1 Å². The van der Waals surface area contributed by atoms with Gasteiger partial charge in [0.15, 0.2) is 5.76 Å². The molecule has 0 unspecified atom stereocenters. The maximum Gasteiger partial charge on any atom is 0.154 e. The van der Waals surface area contributed by atoms with Gasteiger partial charge in [-0.15, -0.1) is 0 Å². The monoisotopic (exact) mass is 292 g/mol. The molecule has 22 heavy (non-hydrogen) atoms. The van der Waals surface area contributed by atoms with E-state index in [-0.39, 0.29) is 0 Å². The minimum atomic E-state index is -1.02. The molecule has 0 fully saturated rings. The highest BCUT2D eigenvalue weighted by Crippen LogP contribution is 2.34. The first-order chi connectivity index (χ1) is 10.5. The first-order valence-corrected chi connectivity index (χ1v) is 7.22. The molecule has 4 nitrogen and oxygen atoms in total. The number of aliphatic hydroxyl groups is 1. The van der Waals surface area contributed by atoms with E-state index in [2.05, 4.69) is 16.0 Å². The molecule has 4 rings (SSSR count). The van der Waals surface area contributed by atoms with Crippen LogP contribution in [-0.2, 0) is 5.60 Å². The number of fused-ring (bicyclic) bond motifs is 3. The minimum Gasteiger partial charge on any atom is -0.463 e. The van der Waals surface area contributed by atoms with Gasteiger partial charge in [0.25, 0.3) is 0 Å². The number of rotatable bonds is 2. The lowest BCUT2D eigenvalue weighted by molar-refractivity contribution is 0.0741. The van der Waals surface area contributed by atoms with E-state index in [1.165, 1.54) is 0 Å². The minimum absolute atomic E-state index is 0.621. The van der Waals surface area contributed by atoms with Crippen molar-refractivity contribution < 1.29 is 9.52 Å². The Labute approximate surface area is 127 Å². The van der Waals surface area contributed by atoms with E-state index in [0.29, 0.717) is 11.5 Å². The van der Waals surface area contributed by atoms with Crippen molar-refractivity contribution in [3.63, 3.8) is 0 Å². The second-order valence-electron chi connectivity index (χ2n) is 5.99. The van der Waals surface area contributed by atoms with Gasteiger partial charge in [-0.2, -0.15) is 0 Å². The van der Waals surface area contributed by atoms with Crippen molar-refractivity contribution in [3.05, 3.63) is 54.4 Å². The van der Waals surface area contributed by atoms with Gasteiger partial charge in [-0.3, -0.25) is 0 Å². The lowest BCUT2D eigenvalue weighted by Gasteiger charge is -2.17. The molecule has 0 aliphatic rings. The topological polar surface area (TPSA) is 62.0 Å². The summed E-state index contributed by atoms with van der Waals surface area (Å²) in [5, 5.41) is 12.5. The lowest BCUT2D eigenvalue weighted by atomic mass is 10.0.